The van der Waals surface area contributed by atoms with Gasteiger partial charge in [0.2, 0.25) is 0 Å². The van der Waals surface area contributed by atoms with Gasteiger partial charge in [-0.1, -0.05) is 15.9 Å². The van der Waals surface area contributed by atoms with Crippen LogP contribution in [0.5, 0.6) is 0 Å². The monoisotopic (exact) mass is 311 g/mol. The summed E-state index contributed by atoms with van der Waals surface area (Å²) in [6.45, 7) is 2.96. The van der Waals surface area contributed by atoms with Crippen LogP contribution in [-0.4, -0.2) is 44.7 Å². The van der Waals surface area contributed by atoms with Crippen LogP contribution in [0.15, 0.2) is 22.7 Å². The maximum atomic E-state index is 5.71. The summed E-state index contributed by atoms with van der Waals surface area (Å²) in [7, 11) is 4.33. The van der Waals surface area contributed by atoms with E-state index in [0.717, 1.165) is 24.0 Å². The second-order valence-electron chi connectivity index (χ2n) is 5.16. The van der Waals surface area contributed by atoms with Crippen LogP contribution in [-0.2, 0) is 6.42 Å². The minimum Gasteiger partial charge on any atom is -0.370 e. The lowest BCUT2D eigenvalue weighted by Gasteiger charge is -2.24. The van der Waals surface area contributed by atoms with Gasteiger partial charge in [0.05, 0.1) is 0 Å². The number of nitrogens with zero attached hydrogens (tertiary/aromatic N) is 2. The van der Waals surface area contributed by atoms with Gasteiger partial charge in [0.25, 0.3) is 0 Å². The van der Waals surface area contributed by atoms with Crippen LogP contribution >= 0.6 is 15.9 Å². The molecule has 2 N–H and O–H groups in total. The second kappa shape index (κ2) is 6.04. The van der Waals surface area contributed by atoms with Crippen LogP contribution in [0, 0.1) is 0 Å². The van der Waals surface area contributed by atoms with E-state index in [2.05, 4.69) is 58.0 Å². The Balaban J connectivity index is 2.18. The summed E-state index contributed by atoms with van der Waals surface area (Å²) in [5.41, 5.74) is 8.42. The van der Waals surface area contributed by atoms with Crippen molar-refractivity contribution >= 4 is 21.6 Å². The maximum Gasteiger partial charge on any atom is 0.0400 e. The molecule has 0 spiro atoms. The third-order valence-electron chi connectivity index (χ3n) is 3.69. The fourth-order valence-corrected chi connectivity index (χ4v) is 3.01. The van der Waals surface area contributed by atoms with Crippen molar-refractivity contribution < 1.29 is 0 Å². The van der Waals surface area contributed by atoms with Crippen LogP contribution in [0.4, 0.5) is 5.69 Å². The first-order valence-corrected chi connectivity index (χ1v) is 7.31. The average Bonchev–Trinajstić information content (AvgIpc) is 2.79. The number of anilines is 1. The predicted molar refractivity (Wildman–Crippen MR) is 81.2 cm³/mol. The minimum absolute atomic E-state index is 0.666. The van der Waals surface area contributed by atoms with Crippen molar-refractivity contribution in [2.75, 3.05) is 38.6 Å². The number of halogens is 1. The van der Waals surface area contributed by atoms with E-state index in [4.69, 9.17) is 5.73 Å². The molecule has 1 aromatic rings. The Hall–Kier alpha value is -0.580. The number of hydrogen-bond donors (Lipinski definition) is 1. The SMILES string of the molecule is CN(C)C1CCN(c2ccc(Br)cc2CCN)C1. The molecular weight excluding hydrogens is 290 g/mol. The first-order valence-electron chi connectivity index (χ1n) is 6.51. The first kappa shape index (κ1) is 13.8. The third-order valence-corrected chi connectivity index (χ3v) is 4.18. The Morgan fingerprint density at radius 3 is 2.83 bits per heavy atom. The van der Waals surface area contributed by atoms with Gasteiger partial charge < -0.3 is 15.5 Å². The zero-order valence-corrected chi connectivity index (χ0v) is 12.8. The molecule has 1 fully saturated rings. The van der Waals surface area contributed by atoms with Crippen molar-refractivity contribution in [1.82, 2.24) is 4.90 Å². The molecule has 0 aliphatic carbocycles. The number of likely N-dealkylation sites (N-methyl/N-ethyl adjacent to an activating group) is 1. The van der Waals surface area contributed by atoms with E-state index in [9.17, 15) is 0 Å². The lowest BCUT2D eigenvalue weighted by molar-refractivity contribution is 0.315. The van der Waals surface area contributed by atoms with Crippen molar-refractivity contribution in [2.24, 2.45) is 5.73 Å². The Bertz CT molecular complexity index is 406. The third kappa shape index (κ3) is 3.05. The highest BCUT2D eigenvalue weighted by Gasteiger charge is 2.25. The molecule has 1 aliphatic heterocycles. The molecule has 0 amide bonds. The van der Waals surface area contributed by atoms with Gasteiger partial charge in [-0.3, -0.25) is 0 Å². The maximum absolute atomic E-state index is 5.71. The van der Waals surface area contributed by atoms with Gasteiger partial charge in [-0.2, -0.15) is 0 Å². The van der Waals surface area contributed by atoms with E-state index in [0.29, 0.717) is 12.6 Å². The van der Waals surface area contributed by atoms with Gasteiger partial charge in [0.1, 0.15) is 0 Å². The fraction of sp³-hybridized carbons (Fsp3) is 0.571. The molecule has 100 valence electrons. The lowest BCUT2D eigenvalue weighted by Crippen LogP contribution is -2.31. The summed E-state index contributed by atoms with van der Waals surface area (Å²) in [6.07, 6.45) is 2.18. The Labute approximate surface area is 118 Å². The van der Waals surface area contributed by atoms with Gasteiger partial charge in [-0.05, 0) is 57.2 Å². The molecule has 1 atom stereocenters. The molecule has 2 rings (SSSR count). The highest BCUT2D eigenvalue weighted by Crippen LogP contribution is 2.28. The van der Waals surface area contributed by atoms with Crippen molar-refractivity contribution in [3.05, 3.63) is 28.2 Å². The molecule has 1 aliphatic rings. The average molecular weight is 312 g/mol. The zero-order valence-electron chi connectivity index (χ0n) is 11.2. The quantitative estimate of drug-likeness (QED) is 0.924. The first-order chi connectivity index (χ1) is 8.61. The summed E-state index contributed by atoms with van der Waals surface area (Å²) < 4.78 is 1.14. The highest BCUT2D eigenvalue weighted by molar-refractivity contribution is 9.10. The summed E-state index contributed by atoms with van der Waals surface area (Å²) in [4.78, 5) is 4.81. The minimum atomic E-state index is 0.666. The van der Waals surface area contributed by atoms with Crippen molar-refractivity contribution in [3.63, 3.8) is 0 Å². The van der Waals surface area contributed by atoms with Crippen LogP contribution in [0.2, 0.25) is 0 Å². The van der Waals surface area contributed by atoms with Gasteiger partial charge >= 0.3 is 0 Å². The van der Waals surface area contributed by atoms with E-state index in [1.165, 1.54) is 17.7 Å². The Morgan fingerprint density at radius 2 is 2.22 bits per heavy atom. The molecule has 4 heteroatoms. The standard InChI is InChI=1S/C14H22BrN3/c1-17(2)13-6-8-18(10-13)14-4-3-12(15)9-11(14)5-7-16/h3-4,9,13H,5-8,10,16H2,1-2H3. The summed E-state index contributed by atoms with van der Waals surface area (Å²) in [5.74, 6) is 0. The van der Waals surface area contributed by atoms with Crippen LogP contribution < -0.4 is 10.6 Å². The van der Waals surface area contributed by atoms with E-state index in [-0.39, 0.29) is 0 Å². The molecule has 1 unspecified atom stereocenters. The van der Waals surface area contributed by atoms with E-state index >= 15 is 0 Å². The molecule has 0 aromatic heterocycles. The van der Waals surface area contributed by atoms with E-state index in [1.807, 2.05) is 0 Å². The fourth-order valence-electron chi connectivity index (χ4n) is 2.60. The lowest BCUT2D eigenvalue weighted by atomic mass is 10.1. The second-order valence-corrected chi connectivity index (χ2v) is 6.08. The molecule has 3 nitrogen and oxygen atoms in total. The number of nitrogens with two attached hydrogens (primary N) is 1. The molecular formula is C14H22BrN3. The normalized spacial score (nSPS) is 19.8. The molecule has 18 heavy (non-hydrogen) atoms. The molecule has 1 aromatic carbocycles. The smallest absolute Gasteiger partial charge is 0.0400 e. The molecule has 0 bridgehead atoms. The Kier molecular flexibility index (Phi) is 4.65. The van der Waals surface area contributed by atoms with Crippen LogP contribution in [0.25, 0.3) is 0 Å². The van der Waals surface area contributed by atoms with Crippen molar-refractivity contribution in [3.8, 4) is 0 Å². The molecule has 1 heterocycles. The largest absolute Gasteiger partial charge is 0.370 e. The number of hydrogen-bond acceptors (Lipinski definition) is 3. The summed E-state index contributed by atoms with van der Waals surface area (Å²) >= 11 is 3.54. The zero-order chi connectivity index (χ0) is 13.1. The highest BCUT2D eigenvalue weighted by atomic mass is 79.9. The van der Waals surface area contributed by atoms with Gasteiger partial charge in [-0.25, -0.2) is 0 Å². The Morgan fingerprint density at radius 1 is 1.44 bits per heavy atom. The number of rotatable bonds is 4. The van der Waals surface area contributed by atoms with Crippen LogP contribution in [0.1, 0.15) is 12.0 Å². The van der Waals surface area contributed by atoms with Gasteiger partial charge in [0, 0.05) is 29.3 Å². The summed E-state index contributed by atoms with van der Waals surface area (Å²) in [5, 5.41) is 0. The van der Waals surface area contributed by atoms with Crippen molar-refractivity contribution in [1.29, 1.82) is 0 Å². The molecule has 1 saturated heterocycles. The molecule has 0 saturated carbocycles. The van der Waals surface area contributed by atoms with Gasteiger partial charge in [-0.15, -0.1) is 0 Å². The number of benzene rings is 1. The van der Waals surface area contributed by atoms with Crippen molar-refractivity contribution in [2.45, 2.75) is 18.9 Å². The van der Waals surface area contributed by atoms with E-state index in [1.54, 1.807) is 0 Å². The summed E-state index contributed by atoms with van der Waals surface area (Å²) in [6, 6.07) is 7.20. The molecule has 0 radical (unpaired) electrons. The topological polar surface area (TPSA) is 32.5 Å². The predicted octanol–water partition coefficient (Wildman–Crippen LogP) is 2.09. The van der Waals surface area contributed by atoms with Gasteiger partial charge in [0.15, 0.2) is 0 Å². The van der Waals surface area contributed by atoms with Crippen LogP contribution in [0.3, 0.4) is 0 Å². The van der Waals surface area contributed by atoms with E-state index < -0.39 is 0 Å².